The van der Waals surface area contributed by atoms with Gasteiger partial charge in [0, 0.05) is 0 Å². The molecule has 0 N–H and O–H groups in total. The summed E-state index contributed by atoms with van der Waals surface area (Å²) in [6, 6.07) is 5.79. The van der Waals surface area contributed by atoms with Gasteiger partial charge in [0.25, 0.3) is 0 Å². The molecule has 0 spiro atoms. The Bertz CT molecular complexity index is 707. The van der Waals surface area contributed by atoms with Gasteiger partial charge in [-0.1, -0.05) is 23.4 Å². The minimum Gasteiger partial charge on any atom is -0.493 e. The number of nitrogens with zero attached hydrogens (tertiary/aromatic N) is 3. The van der Waals surface area contributed by atoms with Crippen LogP contribution in [0.3, 0.4) is 0 Å². The fourth-order valence-electron chi connectivity index (χ4n) is 2.38. The summed E-state index contributed by atoms with van der Waals surface area (Å²) < 4.78 is 12.3. The van der Waals surface area contributed by atoms with Crippen LogP contribution in [0.1, 0.15) is 28.7 Å². The van der Waals surface area contributed by atoms with Gasteiger partial charge in [-0.05, 0) is 37.5 Å². The van der Waals surface area contributed by atoms with E-state index >= 15 is 0 Å². The maximum Gasteiger partial charge on any atom is 0.172 e. The monoisotopic (exact) mass is 315 g/mol. The van der Waals surface area contributed by atoms with Crippen molar-refractivity contribution in [3.05, 3.63) is 47.3 Å². The van der Waals surface area contributed by atoms with Gasteiger partial charge in [0.1, 0.15) is 5.69 Å². The Kier molecular flexibility index (Phi) is 5.51. The number of aryl methyl sites for hydroxylation is 1. The average Bonchev–Trinajstić information content (AvgIpc) is 2.93. The maximum absolute atomic E-state index is 11.1. The van der Waals surface area contributed by atoms with Gasteiger partial charge in [0.05, 0.1) is 26.5 Å². The molecule has 23 heavy (non-hydrogen) atoms. The van der Waals surface area contributed by atoms with Crippen LogP contribution >= 0.6 is 0 Å². The average molecular weight is 315 g/mol. The summed E-state index contributed by atoms with van der Waals surface area (Å²) in [5.41, 5.74) is 3.24. The molecule has 0 atom stereocenters. The lowest BCUT2D eigenvalue weighted by molar-refractivity contribution is 0.111. The van der Waals surface area contributed by atoms with Gasteiger partial charge < -0.3 is 9.47 Å². The first kappa shape index (κ1) is 16.7. The van der Waals surface area contributed by atoms with E-state index in [-0.39, 0.29) is 0 Å². The van der Waals surface area contributed by atoms with Gasteiger partial charge in [-0.25, -0.2) is 4.68 Å². The van der Waals surface area contributed by atoms with Crippen LogP contribution in [0.25, 0.3) is 0 Å². The highest BCUT2D eigenvalue weighted by Gasteiger charge is 2.13. The number of aldehydes is 1. The van der Waals surface area contributed by atoms with E-state index in [1.165, 1.54) is 0 Å². The van der Waals surface area contributed by atoms with Crippen molar-refractivity contribution >= 4 is 6.29 Å². The Morgan fingerprint density at radius 1 is 1.26 bits per heavy atom. The number of benzene rings is 1. The molecule has 6 nitrogen and oxygen atoms in total. The zero-order valence-electron chi connectivity index (χ0n) is 13.7. The van der Waals surface area contributed by atoms with Crippen molar-refractivity contribution in [2.75, 3.05) is 14.2 Å². The molecule has 0 aliphatic rings. The third-order valence-corrected chi connectivity index (χ3v) is 3.50. The van der Waals surface area contributed by atoms with Gasteiger partial charge >= 0.3 is 0 Å². The number of carbonyl (C=O) groups excluding carboxylic acids is 1. The molecule has 0 aliphatic heterocycles. The molecule has 1 aromatic heterocycles. The highest BCUT2D eigenvalue weighted by atomic mass is 16.5. The van der Waals surface area contributed by atoms with E-state index in [4.69, 9.17) is 9.47 Å². The summed E-state index contributed by atoms with van der Waals surface area (Å²) in [6.45, 7) is 6.35. The number of ether oxygens (including phenoxy) is 2. The summed E-state index contributed by atoms with van der Waals surface area (Å²) in [5.74, 6) is 1.38. The fraction of sp³-hybridized carbons (Fsp3) is 0.353. The summed E-state index contributed by atoms with van der Waals surface area (Å²) in [6.07, 6.45) is 2.14. The van der Waals surface area contributed by atoms with Gasteiger partial charge in [0.2, 0.25) is 0 Å². The van der Waals surface area contributed by atoms with Gasteiger partial charge in [-0.15, -0.1) is 5.10 Å². The lowest BCUT2D eigenvalue weighted by Gasteiger charge is -2.10. The normalized spacial score (nSPS) is 10.4. The second-order valence-corrected chi connectivity index (χ2v) is 5.34. The Hall–Kier alpha value is -2.63. The summed E-state index contributed by atoms with van der Waals surface area (Å²) >= 11 is 0. The number of carbonyl (C=O) groups is 1. The van der Waals surface area contributed by atoms with Crippen LogP contribution in [0, 0.1) is 0 Å². The van der Waals surface area contributed by atoms with Crippen molar-refractivity contribution in [3.63, 3.8) is 0 Å². The predicted molar refractivity (Wildman–Crippen MR) is 87.2 cm³/mol. The number of rotatable bonds is 8. The second-order valence-electron chi connectivity index (χ2n) is 5.34. The number of allylic oxidation sites excluding steroid dienone is 1. The van der Waals surface area contributed by atoms with Gasteiger partial charge in [-0.2, -0.15) is 0 Å². The Balaban J connectivity index is 2.18. The highest BCUT2D eigenvalue weighted by Crippen LogP contribution is 2.28. The Morgan fingerprint density at radius 2 is 2.00 bits per heavy atom. The van der Waals surface area contributed by atoms with Crippen LogP contribution in [-0.2, 0) is 19.4 Å². The molecular weight excluding hydrogens is 294 g/mol. The minimum absolute atomic E-state index is 0.381. The highest BCUT2D eigenvalue weighted by molar-refractivity contribution is 5.73. The number of aromatic nitrogens is 3. The fourth-order valence-corrected chi connectivity index (χ4v) is 2.38. The molecular formula is C17H21N3O3. The molecule has 6 heteroatoms. The summed E-state index contributed by atoms with van der Waals surface area (Å²) in [7, 11) is 3.22. The molecule has 0 amide bonds. The van der Waals surface area contributed by atoms with E-state index in [2.05, 4.69) is 16.9 Å². The lowest BCUT2D eigenvalue weighted by Crippen LogP contribution is -2.08. The molecule has 122 valence electrons. The van der Waals surface area contributed by atoms with Crippen LogP contribution in [0.4, 0.5) is 0 Å². The molecule has 2 rings (SSSR count). The second kappa shape index (κ2) is 7.58. The van der Waals surface area contributed by atoms with Crippen molar-refractivity contribution in [2.45, 2.75) is 26.3 Å². The smallest absolute Gasteiger partial charge is 0.172 e. The van der Waals surface area contributed by atoms with E-state index in [1.54, 1.807) is 18.9 Å². The molecule has 2 aromatic rings. The maximum atomic E-state index is 11.1. The van der Waals surface area contributed by atoms with Crippen LogP contribution in [-0.4, -0.2) is 35.5 Å². The molecule has 0 unspecified atom stereocenters. The predicted octanol–water partition coefficient (Wildman–Crippen LogP) is 2.47. The van der Waals surface area contributed by atoms with Crippen molar-refractivity contribution in [1.29, 1.82) is 0 Å². The van der Waals surface area contributed by atoms with E-state index in [1.807, 2.05) is 25.1 Å². The Labute approximate surface area is 135 Å². The zero-order valence-corrected chi connectivity index (χ0v) is 13.7. The third-order valence-electron chi connectivity index (χ3n) is 3.50. The van der Waals surface area contributed by atoms with Crippen LogP contribution < -0.4 is 9.47 Å². The van der Waals surface area contributed by atoms with E-state index in [0.29, 0.717) is 30.2 Å². The van der Waals surface area contributed by atoms with Crippen molar-refractivity contribution in [1.82, 2.24) is 15.0 Å². The Morgan fingerprint density at radius 3 is 2.61 bits per heavy atom. The summed E-state index contributed by atoms with van der Waals surface area (Å²) in [5, 5.41) is 7.95. The first-order valence-electron chi connectivity index (χ1n) is 7.31. The molecule has 0 bridgehead atoms. The molecule has 1 aromatic carbocycles. The van der Waals surface area contributed by atoms with E-state index in [9.17, 15) is 4.79 Å². The first-order chi connectivity index (χ1) is 11.1. The summed E-state index contributed by atoms with van der Waals surface area (Å²) in [4.78, 5) is 11.1. The van der Waals surface area contributed by atoms with Crippen LogP contribution in [0.2, 0.25) is 0 Å². The van der Waals surface area contributed by atoms with Crippen molar-refractivity contribution in [2.24, 2.45) is 0 Å². The lowest BCUT2D eigenvalue weighted by atomic mass is 10.1. The molecule has 0 fully saturated rings. The third kappa shape index (κ3) is 3.97. The molecule has 0 radical (unpaired) electrons. The quantitative estimate of drug-likeness (QED) is 0.553. The molecule has 1 heterocycles. The number of hydrogen-bond acceptors (Lipinski definition) is 5. The van der Waals surface area contributed by atoms with Crippen molar-refractivity contribution in [3.8, 4) is 11.5 Å². The number of hydrogen-bond donors (Lipinski definition) is 0. The largest absolute Gasteiger partial charge is 0.493 e. The molecule has 0 saturated heterocycles. The molecule has 0 aliphatic carbocycles. The van der Waals surface area contributed by atoms with Gasteiger partial charge in [0.15, 0.2) is 17.8 Å². The SMILES string of the molecule is C=C(C)Cn1nnc(C=O)c1CCc1ccc(OC)c(OC)c1. The van der Waals surface area contributed by atoms with Crippen molar-refractivity contribution < 1.29 is 14.3 Å². The molecule has 0 saturated carbocycles. The topological polar surface area (TPSA) is 66.2 Å². The van der Waals surface area contributed by atoms with Gasteiger partial charge in [-0.3, -0.25) is 4.79 Å². The van der Waals surface area contributed by atoms with Crippen LogP contribution in [0.5, 0.6) is 11.5 Å². The van der Waals surface area contributed by atoms with E-state index < -0.39 is 0 Å². The zero-order chi connectivity index (χ0) is 16.8. The van der Waals surface area contributed by atoms with E-state index in [0.717, 1.165) is 29.5 Å². The van der Waals surface area contributed by atoms with Crippen LogP contribution in [0.15, 0.2) is 30.4 Å². The minimum atomic E-state index is 0.381. The first-order valence-corrected chi connectivity index (χ1v) is 7.31. The standard InChI is InChI=1S/C17H21N3O3/c1-12(2)10-20-15(14(11-21)18-19-20)7-5-13-6-8-16(22-3)17(9-13)23-4/h6,8-9,11H,1,5,7,10H2,2-4H3. The number of methoxy groups -OCH3 is 2.